The molecule has 2 aromatic rings. The number of amides is 1. The Labute approximate surface area is 143 Å². The van der Waals surface area contributed by atoms with Gasteiger partial charge in [-0.1, -0.05) is 44.2 Å². The van der Waals surface area contributed by atoms with Crippen molar-refractivity contribution in [1.29, 1.82) is 0 Å². The molecule has 5 nitrogen and oxygen atoms in total. The Balaban J connectivity index is 1.94. The summed E-state index contributed by atoms with van der Waals surface area (Å²) in [4.78, 5) is 16.5. The number of rotatable bonds is 8. The van der Waals surface area contributed by atoms with E-state index in [1.807, 2.05) is 51.1 Å². The van der Waals surface area contributed by atoms with E-state index in [9.17, 15) is 4.79 Å². The standard InChI is InChI=1S/C19H26N2O3/c1-13(2)16(11-12-22)21-17(23)9-10-18-20-14(3)19(24-18)15-7-5-4-6-8-15/h4-8,13,16,22H,9-12H2,1-3H3,(H,21,23). The lowest BCUT2D eigenvalue weighted by atomic mass is 10.0. The van der Waals surface area contributed by atoms with Gasteiger partial charge in [-0.15, -0.1) is 0 Å². The molecule has 0 fully saturated rings. The first-order valence-electron chi connectivity index (χ1n) is 8.43. The number of aryl methyl sites for hydroxylation is 2. The van der Waals surface area contributed by atoms with Crippen LogP contribution in [-0.2, 0) is 11.2 Å². The highest BCUT2D eigenvalue weighted by molar-refractivity contribution is 5.76. The number of nitrogens with zero attached hydrogens (tertiary/aromatic N) is 1. The molecule has 1 heterocycles. The van der Waals surface area contributed by atoms with E-state index in [-0.39, 0.29) is 24.5 Å². The number of hydrogen-bond acceptors (Lipinski definition) is 4. The summed E-state index contributed by atoms with van der Waals surface area (Å²) in [5, 5.41) is 12.0. The van der Waals surface area contributed by atoms with Crippen molar-refractivity contribution in [2.24, 2.45) is 5.92 Å². The summed E-state index contributed by atoms with van der Waals surface area (Å²) in [6, 6.07) is 9.82. The predicted molar refractivity (Wildman–Crippen MR) is 93.5 cm³/mol. The molecule has 0 aliphatic carbocycles. The van der Waals surface area contributed by atoms with Crippen molar-refractivity contribution in [3.8, 4) is 11.3 Å². The molecule has 1 amide bonds. The van der Waals surface area contributed by atoms with Gasteiger partial charge in [0.1, 0.15) is 0 Å². The fourth-order valence-electron chi connectivity index (χ4n) is 2.63. The van der Waals surface area contributed by atoms with Gasteiger partial charge in [0.2, 0.25) is 5.91 Å². The van der Waals surface area contributed by atoms with Gasteiger partial charge in [0.25, 0.3) is 0 Å². The number of carbonyl (C=O) groups is 1. The first kappa shape index (κ1) is 18.2. The van der Waals surface area contributed by atoms with Crippen LogP contribution in [0.3, 0.4) is 0 Å². The van der Waals surface area contributed by atoms with Crippen LogP contribution in [0.25, 0.3) is 11.3 Å². The van der Waals surface area contributed by atoms with Gasteiger partial charge in [-0.05, 0) is 19.3 Å². The number of aliphatic hydroxyl groups is 1. The van der Waals surface area contributed by atoms with Crippen molar-refractivity contribution >= 4 is 5.91 Å². The minimum absolute atomic E-state index is 0.00586. The van der Waals surface area contributed by atoms with E-state index in [1.54, 1.807) is 0 Å². The highest BCUT2D eigenvalue weighted by Gasteiger charge is 2.17. The van der Waals surface area contributed by atoms with Crippen molar-refractivity contribution in [1.82, 2.24) is 10.3 Å². The molecule has 5 heteroatoms. The minimum atomic E-state index is -0.0423. The summed E-state index contributed by atoms with van der Waals surface area (Å²) in [5.41, 5.74) is 1.82. The summed E-state index contributed by atoms with van der Waals surface area (Å²) in [7, 11) is 0. The second-order valence-corrected chi connectivity index (χ2v) is 6.32. The van der Waals surface area contributed by atoms with Crippen LogP contribution in [0.2, 0.25) is 0 Å². The van der Waals surface area contributed by atoms with Gasteiger partial charge < -0.3 is 14.8 Å². The van der Waals surface area contributed by atoms with Crippen molar-refractivity contribution in [3.63, 3.8) is 0 Å². The Morgan fingerprint density at radius 3 is 2.62 bits per heavy atom. The second kappa shape index (κ2) is 8.64. The first-order chi connectivity index (χ1) is 11.5. The van der Waals surface area contributed by atoms with Gasteiger partial charge >= 0.3 is 0 Å². The third-order valence-electron chi connectivity index (χ3n) is 4.03. The van der Waals surface area contributed by atoms with Gasteiger partial charge in [0, 0.05) is 31.1 Å². The number of aliphatic hydroxyl groups excluding tert-OH is 1. The van der Waals surface area contributed by atoms with E-state index in [4.69, 9.17) is 9.52 Å². The zero-order chi connectivity index (χ0) is 17.5. The first-order valence-corrected chi connectivity index (χ1v) is 8.43. The topological polar surface area (TPSA) is 75.4 Å². The Morgan fingerprint density at radius 2 is 2.00 bits per heavy atom. The summed E-state index contributed by atoms with van der Waals surface area (Å²) < 4.78 is 5.82. The SMILES string of the molecule is Cc1nc(CCC(=O)NC(CCO)C(C)C)oc1-c1ccccc1. The Hall–Kier alpha value is -2.14. The molecule has 1 unspecified atom stereocenters. The van der Waals surface area contributed by atoms with E-state index in [0.29, 0.717) is 25.2 Å². The van der Waals surface area contributed by atoms with Gasteiger partial charge in [0.15, 0.2) is 11.7 Å². The zero-order valence-corrected chi connectivity index (χ0v) is 14.6. The maximum Gasteiger partial charge on any atom is 0.220 e. The number of aromatic nitrogens is 1. The Bertz CT molecular complexity index is 650. The van der Waals surface area contributed by atoms with Crippen LogP contribution < -0.4 is 5.32 Å². The molecule has 0 saturated heterocycles. The van der Waals surface area contributed by atoms with Crippen LogP contribution in [-0.4, -0.2) is 28.6 Å². The van der Waals surface area contributed by atoms with Crippen LogP contribution in [0.15, 0.2) is 34.7 Å². The summed E-state index contributed by atoms with van der Waals surface area (Å²) in [6.07, 6.45) is 1.35. The molecule has 0 spiro atoms. The highest BCUT2D eigenvalue weighted by atomic mass is 16.4. The average Bonchev–Trinajstić information content (AvgIpc) is 2.94. The van der Waals surface area contributed by atoms with Gasteiger partial charge in [-0.3, -0.25) is 4.79 Å². The third-order valence-corrected chi connectivity index (χ3v) is 4.03. The maximum absolute atomic E-state index is 12.1. The minimum Gasteiger partial charge on any atom is -0.440 e. The summed E-state index contributed by atoms with van der Waals surface area (Å²) >= 11 is 0. The normalized spacial score (nSPS) is 12.4. The molecule has 2 rings (SSSR count). The van der Waals surface area contributed by atoms with Crippen molar-refractivity contribution in [2.75, 3.05) is 6.61 Å². The van der Waals surface area contributed by atoms with E-state index < -0.39 is 0 Å². The molecule has 24 heavy (non-hydrogen) atoms. The molecule has 0 radical (unpaired) electrons. The molecule has 1 aromatic heterocycles. The van der Waals surface area contributed by atoms with E-state index in [1.165, 1.54) is 0 Å². The lowest BCUT2D eigenvalue weighted by molar-refractivity contribution is -0.122. The Morgan fingerprint density at radius 1 is 1.29 bits per heavy atom. The molecule has 0 saturated carbocycles. The Kier molecular flexibility index (Phi) is 6.55. The quantitative estimate of drug-likeness (QED) is 0.780. The zero-order valence-electron chi connectivity index (χ0n) is 14.6. The summed E-state index contributed by atoms with van der Waals surface area (Å²) in [6.45, 7) is 6.04. The van der Waals surface area contributed by atoms with Crippen molar-refractivity contribution in [2.45, 2.75) is 46.1 Å². The monoisotopic (exact) mass is 330 g/mol. The number of hydrogen-bond donors (Lipinski definition) is 2. The molecule has 0 aliphatic rings. The van der Waals surface area contributed by atoms with Crippen LogP contribution in [0.4, 0.5) is 0 Å². The lowest BCUT2D eigenvalue weighted by Crippen LogP contribution is -2.39. The third kappa shape index (κ3) is 4.93. The van der Waals surface area contributed by atoms with Crippen molar-refractivity contribution < 1.29 is 14.3 Å². The van der Waals surface area contributed by atoms with Gasteiger partial charge in [-0.25, -0.2) is 4.98 Å². The number of carbonyl (C=O) groups excluding carboxylic acids is 1. The number of benzene rings is 1. The molecule has 1 atom stereocenters. The second-order valence-electron chi connectivity index (χ2n) is 6.32. The predicted octanol–water partition coefficient (Wildman–Crippen LogP) is 3.11. The lowest BCUT2D eigenvalue weighted by Gasteiger charge is -2.21. The molecule has 0 bridgehead atoms. The van der Waals surface area contributed by atoms with E-state index >= 15 is 0 Å². The molecular weight excluding hydrogens is 304 g/mol. The maximum atomic E-state index is 12.1. The molecule has 130 valence electrons. The fraction of sp³-hybridized carbons (Fsp3) is 0.474. The molecule has 2 N–H and O–H groups in total. The number of oxazole rings is 1. The van der Waals surface area contributed by atoms with Gasteiger partial charge in [0.05, 0.1) is 5.69 Å². The molecule has 1 aromatic carbocycles. The largest absolute Gasteiger partial charge is 0.440 e. The van der Waals surface area contributed by atoms with Crippen molar-refractivity contribution in [3.05, 3.63) is 41.9 Å². The molecule has 0 aliphatic heterocycles. The van der Waals surface area contributed by atoms with E-state index in [2.05, 4.69) is 10.3 Å². The highest BCUT2D eigenvalue weighted by Crippen LogP contribution is 2.24. The average molecular weight is 330 g/mol. The van der Waals surface area contributed by atoms with Crippen LogP contribution in [0, 0.1) is 12.8 Å². The fourth-order valence-corrected chi connectivity index (χ4v) is 2.63. The van der Waals surface area contributed by atoms with E-state index in [0.717, 1.165) is 17.0 Å². The van der Waals surface area contributed by atoms with Gasteiger partial charge in [-0.2, -0.15) is 0 Å². The van der Waals surface area contributed by atoms with Crippen LogP contribution in [0.1, 0.15) is 38.3 Å². The van der Waals surface area contributed by atoms with Crippen LogP contribution in [0.5, 0.6) is 0 Å². The number of nitrogens with one attached hydrogen (secondary N) is 1. The smallest absolute Gasteiger partial charge is 0.220 e. The molecular formula is C19H26N2O3. The summed E-state index contributed by atoms with van der Waals surface area (Å²) in [5.74, 6) is 1.57. The van der Waals surface area contributed by atoms with Crippen LogP contribution >= 0.6 is 0 Å².